The van der Waals surface area contributed by atoms with Gasteiger partial charge in [-0.2, -0.15) is 0 Å². The molecule has 2 saturated heterocycles. The van der Waals surface area contributed by atoms with Crippen molar-refractivity contribution in [2.24, 2.45) is 0 Å². The lowest BCUT2D eigenvalue weighted by Gasteiger charge is -2.28. The van der Waals surface area contributed by atoms with E-state index in [4.69, 9.17) is 0 Å². The Morgan fingerprint density at radius 3 is 2.70 bits per heavy atom. The van der Waals surface area contributed by atoms with Gasteiger partial charge in [0.25, 0.3) is 0 Å². The number of hydrogen-bond donors (Lipinski definition) is 2. The third-order valence-electron chi connectivity index (χ3n) is 4.19. The molecule has 114 valence electrons. The number of rotatable bonds is 5. The van der Waals surface area contributed by atoms with Crippen LogP contribution in [0.5, 0.6) is 0 Å². The summed E-state index contributed by atoms with van der Waals surface area (Å²) in [4.78, 5) is 26.0. The summed E-state index contributed by atoms with van der Waals surface area (Å²) in [6, 6.07) is 0.970. The summed E-state index contributed by atoms with van der Waals surface area (Å²) in [6.07, 6.45) is 4.93. The van der Waals surface area contributed by atoms with Gasteiger partial charge in [-0.1, -0.05) is 0 Å². The molecule has 0 aromatic carbocycles. The van der Waals surface area contributed by atoms with Gasteiger partial charge in [0.2, 0.25) is 11.8 Å². The summed E-state index contributed by atoms with van der Waals surface area (Å²) >= 11 is 0. The third kappa shape index (κ3) is 3.95. The van der Waals surface area contributed by atoms with Crippen LogP contribution in [0.3, 0.4) is 0 Å². The van der Waals surface area contributed by atoms with E-state index in [1.807, 2.05) is 13.8 Å². The fourth-order valence-electron chi connectivity index (χ4n) is 3.31. The first-order valence-corrected chi connectivity index (χ1v) is 7.89. The zero-order chi connectivity index (χ0) is 14.5. The van der Waals surface area contributed by atoms with Gasteiger partial charge >= 0.3 is 0 Å². The molecule has 20 heavy (non-hydrogen) atoms. The van der Waals surface area contributed by atoms with Crippen LogP contribution in [0, 0.1) is 0 Å². The Hall–Kier alpha value is -1.10. The molecule has 2 amide bonds. The van der Waals surface area contributed by atoms with E-state index in [0.29, 0.717) is 31.3 Å². The van der Waals surface area contributed by atoms with Crippen LogP contribution in [0.4, 0.5) is 0 Å². The molecule has 0 aromatic rings. The van der Waals surface area contributed by atoms with Gasteiger partial charge < -0.3 is 15.5 Å². The Bertz CT molecular complexity index is 343. The molecule has 5 heteroatoms. The zero-order valence-corrected chi connectivity index (χ0v) is 12.7. The monoisotopic (exact) mass is 281 g/mol. The van der Waals surface area contributed by atoms with Crippen molar-refractivity contribution in [3.8, 4) is 0 Å². The molecule has 0 aliphatic carbocycles. The largest absolute Gasteiger partial charge is 0.354 e. The van der Waals surface area contributed by atoms with E-state index < -0.39 is 0 Å². The number of amides is 2. The standard InChI is InChI=1S/C15H27N3O2/c1-11(2)17-14(19)4-3-5-15(20)18-12-6-7-13(18)10-16-9-8-12/h11-13,16H,3-10H2,1-2H3,(H,17,19). The minimum Gasteiger partial charge on any atom is -0.354 e. The van der Waals surface area contributed by atoms with E-state index in [9.17, 15) is 9.59 Å². The van der Waals surface area contributed by atoms with Gasteiger partial charge in [0.05, 0.1) is 0 Å². The summed E-state index contributed by atoms with van der Waals surface area (Å²) in [7, 11) is 0. The van der Waals surface area contributed by atoms with E-state index in [-0.39, 0.29) is 17.9 Å². The normalized spacial score (nSPS) is 25.6. The van der Waals surface area contributed by atoms with Crippen molar-refractivity contribution in [1.82, 2.24) is 15.5 Å². The molecular formula is C15H27N3O2. The van der Waals surface area contributed by atoms with E-state index >= 15 is 0 Å². The number of fused-ring (bicyclic) bond motifs is 2. The van der Waals surface area contributed by atoms with Crippen molar-refractivity contribution in [3.63, 3.8) is 0 Å². The van der Waals surface area contributed by atoms with Gasteiger partial charge in [-0.05, 0) is 46.1 Å². The topological polar surface area (TPSA) is 61.4 Å². The van der Waals surface area contributed by atoms with E-state index in [1.54, 1.807) is 0 Å². The Labute approximate surface area is 121 Å². The number of hydrogen-bond acceptors (Lipinski definition) is 3. The molecule has 2 heterocycles. The highest BCUT2D eigenvalue weighted by atomic mass is 16.2. The van der Waals surface area contributed by atoms with Gasteiger partial charge in [-0.15, -0.1) is 0 Å². The highest BCUT2D eigenvalue weighted by Gasteiger charge is 2.37. The predicted molar refractivity (Wildman–Crippen MR) is 78.3 cm³/mol. The Balaban J connectivity index is 1.76. The fourth-order valence-corrected chi connectivity index (χ4v) is 3.31. The van der Waals surface area contributed by atoms with Gasteiger partial charge in [0.15, 0.2) is 0 Å². The lowest BCUT2D eigenvalue weighted by atomic mass is 10.1. The molecule has 0 saturated carbocycles. The molecule has 0 spiro atoms. The molecule has 2 aliphatic heterocycles. The second-order valence-corrected chi connectivity index (χ2v) is 6.25. The summed E-state index contributed by atoms with van der Waals surface area (Å²) in [6.45, 7) is 5.84. The number of nitrogens with zero attached hydrogens (tertiary/aromatic N) is 1. The molecule has 2 fully saturated rings. The van der Waals surface area contributed by atoms with Crippen LogP contribution in [0.25, 0.3) is 0 Å². The quantitative estimate of drug-likeness (QED) is 0.791. The minimum atomic E-state index is 0.0494. The molecule has 2 unspecified atom stereocenters. The molecule has 2 rings (SSSR count). The Morgan fingerprint density at radius 1 is 1.20 bits per heavy atom. The number of carbonyl (C=O) groups excluding carboxylic acids is 2. The second-order valence-electron chi connectivity index (χ2n) is 6.25. The van der Waals surface area contributed by atoms with Crippen LogP contribution < -0.4 is 10.6 Å². The van der Waals surface area contributed by atoms with Crippen molar-refractivity contribution in [1.29, 1.82) is 0 Å². The van der Waals surface area contributed by atoms with Gasteiger partial charge in [-0.25, -0.2) is 0 Å². The maximum absolute atomic E-state index is 12.4. The number of nitrogens with one attached hydrogen (secondary N) is 2. The van der Waals surface area contributed by atoms with E-state index in [2.05, 4.69) is 15.5 Å². The summed E-state index contributed by atoms with van der Waals surface area (Å²) in [5.41, 5.74) is 0. The SMILES string of the molecule is CC(C)NC(=O)CCCC(=O)N1C2CCNCC1CC2. The molecule has 0 aromatic heterocycles. The minimum absolute atomic E-state index is 0.0494. The first-order chi connectivity index (χ1) is 9.58. The summed E-state index contributed by atoms with van der Waals surface area (Å²) in [5, 5.41) is 6.26. The van der Waals surface area contributed by atoms with Crippen molar-refractivity contribution >= 4 is 11.8 Å². The van der Waals surface area contributed by atoms with E-state index in [0.717, 1.165) is 32.4 Å². The van der Waals surface area contributed by atoms with Crippen molar-refractivity contribution in [2.75, 3.05) is 13.1 Å². The summed E-state index contributed by atoms with van der Waals surface area (Å²) in [5.74, 6) is 0.284. The maximum atomic E-state index is 12.4. The average Bonchev–Trinajstić information content (AvgIpc) is 2.61. The van der Waals surface area contributed by atoms with E-state index in [1.165, 1.54) is 0 Å². The molecule has 2 bridgehead atoms. The smallest absolute Gasteiger partial charge is 0.223 e. The van der Waals surface area contributed by atoms with Crippen molar-refractivity contribution < 1.29 is 9.59 Å². The van der Waals surface area contributed by atoms with Gasteiger partial charge in [-0.3, -0.25) is 9.59 Å². The lowest BCUT2D eigenvalue weighted by Crippen LogP contribution is -2.42. The van der Waals surface area contributed by atoms with Gasteiger partial charge in [0.1, 0.15) is 0 Å². The lowest BCUT2D eigenvalue weighted by molar-refractivity contribution is -0.134. The molecule has 5 nitrogen and oxygen atoms in total. The molecule has 0 radical (unpaired) electrons. The Morgan fingerprint density at radius 2 is 1.95 bits per heavy atom. The van der Waals surface area contributed by atoms with Crippen LogP contribution in [0.15, 0.2) is 0 Å². The van der Waals surface area contributed by atoms with Crippen LogP contribution in [0.1, 0.15) is 52.4 Å². The molecule has 2 atom stereocenters. The summed E-state index contributed by atoms with van der Waals surface area (Å²) < 4.78 is 0. The van der Waals surface area contributed by atoms with Crippen molar-refractivity contribution in [2.45, 2.75) is 70.5 Å². The van der Waals surface area contributed by atoms with Gasteiger partial charge in [0, 0.05) is 37.5 Å². The molecule has 2 N–H and O–H groups in total. The maximum Gasteiger partial charge on any atom is 0.223 e. The van der Waals surface area contributed by atoms with Crippen LogP contribution >= 0.6 is 0 Å². The zero-order valence-electron chi connectivity index (χ0n) is 12.7. The van der Waals surface area contributed by atoms with Crippen LogP contribution in [-0.2, 0) is 9.59 Å². The van der Waals surface area contributed by atoms with Crippen LogP contribution in [0.2, 0.25) is 0 Å². The first-order valence-electron chi connectivity index (χ1n) is 7.89. The molecule has 2 aliphatic rings. The fraction of sp³-hybridized carbons (Fsp3) is 0.867. The molecular weight excluding hydrogens is 254 g/mol. The highest BCUT2D eigenvalue weighted by molar-refractivity contribution is 5.79. The Kier molecular flexibility index (Phi) is 5.40. The first kappa shape index (κ1) is 15.3. The van der Waals surface area contributed by atoms with Crippen LogP contribution in [-0.4, -0.2) is 47.9 Å². The third-order valence-corrected chi connectivity index (χ3v) is 4.19. The predicted octanol–water partition coefficient (Wildman–Crippen LogP) is 1.03. The average molecular weight is 281 g/mol. The van der Waals surface area contributed by atoms with Crippen molar-refractivity contribution in [3.05, 3.63) is 0 Å². The number of carbonyl (C=O) groups is 2. The second kappa shape index (κ2) is 7.07. The highest BCUT2D eigenvalue weighted by Crippen LogP contribution is 2.28.